The van der Waals surface area contributed by atoms with Gasteiger partial charge in [-0.05, 0) is 50.4 Å². The molecule has 2 N–H and O–H groups in total. The van der Waals surface area contributed by atoms with Crippen LogP contribution in [0, 0.1) is 5.92 Å². The fourth-order valence-corrected chi connectivity index (χ4v) is 3.69. The first-order valence-electron chi connectivity index (χ1n) is 10.6. The molecule has 3 rings (SSSR count). The number of halogens is 1. The second-order valence-corrected chi connectivity index (χ2v) is 8.11. The van der Waals surface area contributed by atoms with Gasteiger partial charge in [0.05, 0.1) is 13.2 Å². The van der Waals surface area contributed by atoms with E-state index in [1.807, 2.05) is 30.3 Å². The summed E-state index contributed by atoms with van der Waals surface area (Å²) in [5.41, 5.74) is 1.81. The second-order valence-electron chi connectivity index (χ2n) is 7.67. The average molecular weight is 449 g/mol. The predicted molar refractivity (Wildman–Crippen MR) is 118 cm³/mol. The highest BCUT2D eigenvalue weighted by atomic mass is 35.5. The molecule has 0 aliphatic carbocycles. The van der Waals surface area contributed by atoms with Crippen molar-refractivity contribution in [3.63, 3.8) is 0 Å². The Morgan fingerprint density at radius 2 is 2.00 bits per heavy atom. The highest BCUT2D eigenvalue weighted by molar-refractivity contribution is 6.30. The van der Waals surface area contributed by atoms with Gasteiger partial charge in [0.2, 0.25) is 5.91 Å². The van der Waals surface area contributed by atoms with Crippen LogP contribution in [0.1, 0.15) is 25.0 Å². The van der Waals surface area contributed by atoms with Crippen molar-refractivity contribution in [2.45, 2.75) is 25.7 Å². The van der Waals surface area contributed by atoms with Crippen molar-refractivity contribution in [3.05, 3.63) is 41.1 Å². The normalized spacial score (nSPS) is 14.9. The van der Waals surface area contributed by atoms with Gasteiger partial charge in [-0.3, -0.25) is 4.79 Å². The highest BCUT2D eigenvalue weighted by Crippen LogP contribution is 2.23. The molecule has 0 atom stereocenters. The Morgan fingerprint density at radius 1 is 1.26 bits per heavy atom. The van der Waals surface area contributed by atoms with Crippen molar-refractivity contribution in [1.29, 1.82) is 0 Å². The van der Waals surface area contributed by atoms with E-state index in [-0.39, 0.29) is 12.5 Å². The molecule has 2 heterocycles. The van der Waals surface area contributed by atoms with Crippen LogP contribution in [-0.2, 0) is 16.0 Å². The van der Waals surface area contributed by atoms with E-state index < -0.39 is 6.09 Å². The van der Waals surface area contributed by atoms with E-state index in [1.54, 1.807) is 0 Å². The van der Waals surface area contributed by atoms with Crippen LogP contribution in [0.25, 0.3) is 11.3 Å². The van der Waals surface area contributed by atoms with Gasteiger partial charge in [0.15, 0.2) is 0 Å². The molecule has 0 bridgehead atoms. The van der Waals surface area contributed by atoms with E-state index in [9.17, 15) is 9.59 Å². The maximum Gasteiger partial charge on any atom is 0.407 e. The number of benzene rings is 1. The van der Waals surface area contributed by atoms with Crippen molar-refractivity contribution >= 4 is 23.6 Å². The van der Waals surface area contributed by atoms with E-state index in [1.165, 1.54) is 7.05 Å². The number of rotatable bonds is 9. The van der Waals surface area contributed by atoms with Crippen LogP contribution >= 0.6 is 11.6 Å². The maximum atomic E-state index is 11.5. The Kier molecular flexibility index (Phi) is 8.73. The lowest BCUT2D eigenvalue weighted by atomic mass is 9.94. The number of hydrogen-bond acceptors (Lipinski definition) is 6. The van der Waals surface area contributed by atoms with Crippen LogP contribution < -0.4 is 10.6 Å². The third kappa shape index (κ3) is 7.56. The summed E-state index contributed by atoms with van der Waals surface area (Å²) >= 11 is 5.93. The molecule has 8 nitrogen and oxygen atoms in total. The van der Waals surface area contributed by atoms with Gasteiger partial charge in [-0.2, -0.15) is 0 Å². The standard InChI is InChI=1S/C22H29ClN4O4/c1-24-21(28)15-25-22(29)30-13-9-16-6-10-27(11-7-16)12-8-19-14-20(26-31-19)17-2-4-18(23)5-3-17/h2-5,14,16H,6-13,15H2,1H3,(H,24,28)(H,25,29). The van der Waals surface area contributed by atoms with E-state index in [2.05, 4.69) is 20.7 Å². The first kappa shape index (κ1) is 23.1. The second kappa shape index (κ2) is 11.7. The number of nitrogens with one attached hydrogen (secondary N) is 2. The number of likely N-dealkylation sites (tertiary alicyclic amines) is 1. The molecule has 1 aliphatic rings. The molecule has 31 heavy (non-hydrogen) atoms. The van der Waals surface area contributed by atoms with Crippen LogP contribution in [0.15, 0.2) is 34.9 Å². The molecule has 1 aliphatic heterocycles. The number of likely N-dealkylation sites (N-methyl/N-ethyl adjacent to an activating group) is 1. The fourth-order valence-electron chi connectivity index (χ4n) is 3.56. The third-order valence-corrected chi connectivity index (χ3v) is 5.76. The number of piperidine rings is 1. The zero-order chi connectivity index (χ0) is 22.1. The maximum absolute atomic E-state index is 11.5. The van der Waals surface area contributed by atoms with Gasteiger partial charge >= 0.3 is 6.09 Å². The first-order chi connectivity index (χ1) is 15.0. The number of carbonyl (C=O) groups is 2. The molecule has 2 aromatic rings. The summed E-state index contributed by atoms with van der Waals surface area (Å²) in [7, 11) is 1.52. The van der Waals surface area contributed by atoms with Gasteiger partial charge in [0.25, 0.3) is 0 Å². The average Bonchev–Trinajstić information content (AvgIpc) is 3.26. The molecule has 1 aromatic carbocycles. The van der Waals surface area contributed by atoms with Crippen LogP contribution in [0.2, 0.25) is 5.02 Å². The summed E-state index contributed by atoms with van der Waals surface area (Å²) in [5, 5.41) is 9.72. The fraction of sp³-hybridized carbons (Fsp3) is 0.500. The molecule has 0 unspecified atom stereocenters. The minimum absolute atomic E-state index is 0.0693. The lowest BCUT2D eigenvalue weighted by Crippen LogP contribution is -2.36. The van der Waals surface area contributed by atoms with E-state index in [4.69, 9.17) is 20.9 Å². The molecule has 2 amide bonds. The SMILES string of the molecule is CNC(=O)CNC(=O)OCCC1CCN(CCc2cc(-c3ccc(Cl)cc3)no2)CC1. The topological polar surface area (TPSA) is 96.7 Å². The van der Waals surface area contributed by atoms with Gasteiger partial charge in [-0.25, -0.2) is 4.79 Å². The molecule has 9 heteroatoms. The van der Waals surface area contributed by atoms with Gasteiger partial charge < -0.3 is 24.8 Å². The summed E-state index contributed by atoms with van der Waals surface area (Å²) in [6.07, 6.45) is 3.27. The zero-order valence-electron chi connectivity index (χ0n) is 17.7. The lowest BCUT2D eigenvalue weighted by Gasteiger charge is -2.31. The molecule has 1 aromatic heterocycles. The van der Waals surface area contributed by atoms with Crippen LogP contribution in [-0.4, -0.2) is 61.9 Å². The van der Waals surface area contributed by atoms with E-state index in [0.29, 0.717) is 17.5 Å². The Balaban J connectivity index is 1.30. The molecule has 168 valence electrons. The Morgan fingerprint density at radius 3 is 2.71 bits per heavy atom. The number of alkyl carbamates (subject to hydrolysis) is 1. The lowest BCUT2D eigenvalue weighted by molar-refractivity contribution is -0.119. The molecule has 0 saturated carbocycles. The number of amides is 2. The van der Waals surface area contributed by atoms with Crippen LogP contribution in [0.3, 0.4) is 0 Å². The number of hydrogen-bond donors (Lipinski definition) is 2. The third-order valence-electron chi connectivity index (χ3n) is 5.51. The largest absolute Gasteiger partial charge is 0.450 e. The van der Waals surface area contributed by atoms with Crippen molar-refractivity contribution in [3.8, 4) is 11.3 Å². The molecular formula is C22H29ClN4O4. The summed E-state index contributed by atoms with van der Waals surface area (Å²) in [6.45, 7) is 3.27. The van der Waals surface area contributed by atoms with Crippen LogP contribution in [0.5, 0.6) is 0 Å². The monoisotopic (exact) mass is 448 g/mol. The van der Waals surface area contributed by atoms with E-state index >= 15 is 0 Å². The summed E-state index contributed by atoms with van der Waals surface area (Å²) in [6, 6.07) is 9.55. The quantitative estimate of drug-likeness (QED) is 0.611. The minimum atomic E-state index is -0.550. The zero-order valence-corrected chi connectivity index (χ0v) is 18.5. The van der Waals surface area contributed by atoms with Crippen molar-refractivity contribution < 1.29 is 18.8 Å². The van der Waals surface area contributed by atoms with Gasteiger partial charge in [-0.15, -0.1) is 0 Å². The number of nitrogens with zero attached hydrogens (tertiary/aromatic N) is 2. The van der Waals surface area contributed by atoms with Gasteiger partial charge in [-0.1, -0.05) is 28.9 Å². The number of ether oxygens (including phenoxy) is 1. The molecular weight excluding hydrogens is 420 g/mol. The molecule has 0 radical (unpaired) electrons. The van der Waals surface area contributed by atoms with Crippen LogP contribution in [0.4, 0.5) is 4.79 Å². The van der Waals surface area contributed by atoms with Crippen molar-refractivity contribution in [2.24, 2.45) is 5.92 Å². The molecule has 0 spiro atoms. The predicted octanol–water partition coefficient (Wildman–Crippen LogP) is 3.11. The molecule has 1 fully saturated rings. The molecule has 1 saturated heterocycles. The smallest absolute Gasteiger partial charge is 0.407 e. The summed E-state index contributed by atoms with van der Waals surface area (Å²) < 4.78 is 10.6. The number of carbonyl (C=O) groups excluding carboxylic acids is 2. The Bertz CT molecular complexity index is 847. The number of aromatic nitrogens is 1. The summed E-state index contributed by atoms with van der Waals surface area (Å²) in [4.78, 5) is 25.1. The van der Waals surface area contributed by atoms with Gasteiger partial charge in [0, 0.05) is 36.7 Å². The van der Waals surface area contributed by atoms with E-state index in [0.717, 1.165) is 62.3 Å². The van der Waals surface area contributed by atoms with Gasteiger partial charge in [0.1, 0.15) is 11.5 Å². The first-order valence-corrected chi connectivity index (χ1v) is 11.0. The Labute approximate surface area is 187 Å². The minimum Gasteiger partial charge on any atom is -0.450 e. The summed E-state index contributed by atoms with van der Waals surface area (Å²) in [5.74, 6) is 1.17. The Hall–Kier alpha value is -2.58. The van der Waals surface area contributed by atoms with Crippen molar-refractivity contribution in [2.75, 3.05) is 39.8 Å². The highest BCUT2D eigenvalue weighted by Gasteiger charge is 2.20. The van der Waals surface area contributed by atoms with Crippen molar-refractivity contribution in [1.82, 2.24) is 20.7 Å².